The van der Waals surface area contributed by atoms with Crippen LogP contribution in [0.4, 0.5) is 5.69 Å². The van der Waals surface area contributed by atoms with Gasteiger partial charge in [0.25, 0.3) is 0 Å². The zero-order valence-electron chi connectivity index (χ0n) is 21.1. The zero-order chi connectivity index (χ0) is 24.8. The number of nitrogens with zero attached hydrogens (tertiary/aromatic N) is 1. The van der Waals surface area contributed by atoms with Crippen molar-refractivity contribution in [3.63, 3.8) is 0 Å². The SMILES string of the molecule is C=C(/C(=N\C(Nc1cc(-c2ccc(C)cc2)ccc1C)c1ccccc1)c1ccccc1)C(C)C. The summed E-state index contributed by atoms with van der Waals surface area (Å²) in [6, 6.07) is 36.0. The Balaban J connectivity index is 1.79. The van der Waals surface area contributed by atoms with Gasteiger partial charge in [-0.25, -0.2) is 0 Å². The molecule has 0 saturated carbocycles. The number of aryl methyl sites for hydroxylation is 2. The van der Waals surface area contributed by atoms with Gasteiger partial charge in [-0.3, -0.25) is 4.99 Å². The van der Waals surface area contributed by atoms with Crippen molar-refractivity contribution in [2.75, 3.05) is 5.32 Å². The molecule has 1 unspecified atom stereocenters. The number of benzene rings is 4. The Kier molecular flexibility index (Phi) is 7.62. The second kappa shape index (κ2) is 11.0. The summed E-state index contributed by atoms with van der Waals surface area (Å²) >= 11 is 0. The predicted octanol–water partition coefficient (Wildman–Crippen LogP) is 8.78. The molecule has 0 heterocycles. The standard InChI is InChI=1S/C33H34N2/c1-23(2)26(5)32(28-12-8-6-9-13-28)35-33(29-14-10-7-11-15-29)34-31-22-30(21-18-25(31)4)27-19-16-24(3)17-20-27/h6-23,33-34H,5H2,1-4H3/b35-32+. The van der Waals surface area contributed by atoms with Gasteiger partial charge in [-0.15, -0.1) is 0 Å². The van der Waals surface area contributed by atoms with Crippen LogP contribution in [0.15, 0.2) is 120 Å². The van der Waals surface area contributed by atoms with Crippen LogP contribution >= 0.6 is 0 Å². The molecule has 0 aromatic heterocycles. The molecule has 4 rings (SSSR count). The van der Waals surface area contributed by atoms with Gasteiger partial charge in [0.2, 0.25) is 0 Å². The highest BCUT2D eigenvalue weighted by Gasteiger charge is 2.17. The van der Waals surface area contributed by atoms with Gasteiger partial charge in [-0.2, -0.15) is 0 Å². The lowest BCUT2D eigenvalue weighted by atomic mass is 9.94. The van der Waals surface area contributed by atoms with Crippen LogP contribution in [0.2, 0.25) is 0 Å². The van der Waals surface area contributed by atoms with Crippen molar-refractivity contribution in [2.24, 2.45) is 10.9 Å². The third-order valence-electron chi connectivity index (χ3n) is 6.34. The van der Waals surface area contributed by atoms with Crippen molar-refractivity contribution in [3.05, 3.63) is 138 Å². The Bertz CT molecular complexity index is 1300. The fourth-order valence-corrected chi connectivity index (χ4v) is 4.02. The van der Waals surface area contributed by atoms with Crippen molar-refractivity contribution >= 4 is 11.4 Å². The first-order valence-corrected chi connectivity index (χ1v) is 12.2. The van der Waals surface area contributed by atoms with Gasteiger partial charge in [0.05, 0.1) is 5.71 Å². The van der Waals surface area contributed by atoms with Gasteiger partial charge < -0.3 is 5.32 Å². The molecule has 2 nitrogen and oxygen atoms in total. The fraction of sp³-hybridized carbons (Fsp3) is 0.182. The molecule has 4 aromatic rings. The normalized spacial score (nSPS) is 12.4. The summed E-state index contributed by atoms with van der Waals surface area (Å²) in [5.41, 5.74) is 10.1. The topological polar surface area (TPSA) is 24.4 Å². The van der Waals surface area contributed by atoms with Crippen LogP contribution in [-0.4, -0.2) is 5.71 Å². The van der Waals surface area contributed by atoms with E-state index in [-0.39, 0.29) is 12.1 Å². The van der Waals surface area contributed by atoms with Crippen LogP contribution in [0.1, 0.15) is 42.3 Å². The molecule has 0 aliphatic rings. The van der Waals surface area contributed by atoms with Gasteiger partial charge in [0.15, 0.2) is 0 Å². The summed E-state index contributed by atoms with van der Waals surface area (Å²) in [5.74, 6) is 0.289. The minimum absolute atomic E-state index is 0.256. The Morgan fingerprint density at radius 3 is 1.97 bits per heavy atom. The van der Waals surface area contributed by atoms with Gasteiger partial charge in [0, 0.05) is 11.3 Å². The number of allylic oxidation sites excluding steroid dienone is 1. The number of anilines is 1. The maximum Gasteiger partial charge on any atom is 0.145 e. The lowest BCUT2D eigenvalue weighted by Gasteiger charge is -2.22. The second-order valence-corrected chi connectivity index (χ2v) is 9.38. The fourth-order valence-electron chi connectivity index (χ4n) is 4.02. The van der Waals surface area contributed by atoms with Gasteiger partial charge in [-0.1, -0.05) is 123 Å². The van der Waals surface area contributed by atoms with E-state index >= 15 is 0 Å². The quantitative estimate of drug-likeness (QED) is 0.262. The van der Waals surface area contributed by atoms with E-state index in [0.717, 1.165) is 28.1 Å². The van der Waals surface area contributed by atoms with Gasteiger partial charge >= 0.3 is 0 Å². The molecule has 0 amide bonds. The smallest absolute Gasteiger partial charge is 0.145 e. The number of hydrogen-bond donors (Lipinski definition) is 1. The summed E-state index contributed by atoms with van der Waals surface area (Å²) in [5, 5.41) is 3.75. The van der Waals surface area contributed by atoms with Crippen LogP contribution < -0.4 is 5.32 Å². The van der Waals surface area contributed by atoms with Crippen molar-refractivity contribution in [2.45, 2.75) is 33.9 Å². The Morgan fingerprint density at radius 2 is 1.34 bits per heavy atom. The highest BCUT2D eigenvalue weighted by Crippen LogP contribution is 2.30. The molecule has 0 fully saturated rings. The van der Waals surface area contributed by atoms with Crippen LogP contribution in [0.25, 0.3) is 11.1 Å². The van der Waals surface area contributed by atoms with Crippen LogP contribution in [0.5, 0.6) is 0 Å². The van der Waals surface area contributed by atoms with E-state index in [2.05, 4.69) is 131 Å². The maximum absolute atomic E-state index is 5.29. The first kappa shape index (κ1) is 24.2. The lowest BCUT2D eigenvalue weighted by molar-refractivity contribution is 0.791. The molecule has 0 saturated heterocycles. The highest BCUT2D eigenvalue weighted by molar-refractivity contribution is 6.12. The molecule has 0 radical (unpaired) electrons. The average molecular weight is 459 g/mol. The van der Waals surface area contributed by atoms with E-state index in [9.17, 15) is 0 Å². The van der Waals surface area contributed by atoms with E-state index in [4.69, 9.17) is 4.99 Å². The predicted molar refractivity (Wildman–Crippen MR) is 151 cm³/mol. The van der Waals surface area contributed by atoms with E-state index in [1.54, 1.807) is 0 Å². The van der Waals surface area contributed by atoms with Crippen molar-refractivity contribution in [3.8, 4) is 11.1 Å². The zero-order valence-corrected chi connectivity index (χ0v) is 21.1. The molecule has 0 bridgehead atoms. The molecule has 4 aromatic carbocycles. The summed E-state index contributed by atoms with van der Waals surface area (Å²) < 4.78 is 0. The third-order valence-corrected chi connectivity index (χ3v) is 6.34. The first-order valence-electron chi connectivity index (χ1n) is 12.2. The molecular formula is C33H34N2. The molecule has 176 valence electrons. The Hall–Kier alpha value is -3.91. The molecule has 35 heavy (non-hydrogen) atoms. The molecule has 2 heteroatoms. The summed E-state index contributed by atoms with van der Waals surface area (Å²) in [6.45, 7) is 13.0. The number of aliphatic imine (C=N–C) groups is 1. The molecule has 0 spiro atoms. The van der Waals surface area contributed by atoms with Crippen molar-refractivity contribution < 1.29 is 0 Å². The second-order valence-electron chi connectivity index (χ2n) is 9.38. The highest BCUT2D eigenvalue weighted by atomic mass is 15.1. The van der Waals surface area contributed by atoms with Crippen molar-refractivity contribution in [1.82, 2.24) is 0 Å². The van der Waals surface area contributed by atoms with E-state index in [1.807, 2.05) is 12.1 Å². The van der Waals surface area contributed by atoms with Crippen LogP contribution in [-0.2, 0) is 0 Å². The number of rotatable bonds is 8. The summed E-state index contributed by atoms with van der Waals surface area (Å²) in [7, 11) is 0. The summed E-state index contributed by atoms with van der Waals surface area (Å²) in [4.78, 5) is 5.29. The minimum atomic E-state index is -0.256. The largest absolute Gasteiger partial charge is 0.360 e. The molecular weight excluding hydrogens is 424 g/mol. The monoisotopic (exact) mass is 458 g/mol. The van der Waals surface area contributed by atoms with Crippen LogP contribution in [0.3, 0.4) is 0 Å². The lowest BCUT2D eigenvalue weighted by Crippen LogP contribution is -2.16. The van der Waals surface area contributed by atoms with E-state index in [0.29, 0.717) is 0 Å². The van der Waals surface area contributed by atoms with Gasteiger partial charge in [0.1, 0.15) is 6.17 Å². The Morgan fingerprint density at radius 1 is 0.743 bits per heavy atom. The molecule has 1 atom stereocenters. The Labute approximate surface area is 210 Å². The maximum atomic E-state index is 5.29. The van der Waals surface area contributed by atoms with Crippen LogP contribution in [0, 0.1) is 19.8 Å². The van der Waals surface area contributed by atoms with E-state index < -0.39 is 0 Å². The summed E-state index contributed by atoms with van der Waals surface area (Å²) in [6.07, 6.45) is -0.256. The average Bonchev–Trinajstić information content (AvgIpc) is 2.88. The van der Waals surface area contributed by atoms with Gasteiger partial charge in [-0.05, 0) is 53.7 Å². The number of hydrogen-bond acceptors (Lipinski definition) is 2. The molecule has 1 N–H and O–H groups in total. The molecule has 0 aliphatic carbocycles. The minimum Gasteiger partial charge on any atom is -0.360 e. The third kappa shape index (κ3) is 5.96. The van der Waals surface area contributed by atoms with Crippen molar-refractivity contribution in [1.29, 1.82) is 0 Å². The van der Waals surface area contributed by atoms with E-state index in [1.165, 1.54) is 22.3 Å². The number of nitrogens with one attached hydrogen (secondary N) is 1. The molecule has 0 aliphatic heterocycles. The first-order chi connectivity index (χ1) is 16.9.